The van der Waals surface area contributed by atoms with Crippen molar-refractivity contribution < 1.29 is 0 Å². The van der Waals surface area contributed by atoms with Crippen LogP contribution in [0.3, 0.4) is 0 Å². The van der Waals surface area contributed by atoms with Gasteiger partial charge in [0.15, 0.2) is 0 Å². The molecule has 0 aliphatic heterocycles. The normalized spacial score (nSPS) is 10.6. The fourth-order valence-electron chi connectivity index (χ4n) is 3.75. The minimum absolute atomic E-state index is 1.27. The molecule has 3 N–H and O–H groups in total. The van der Waals surface area contributed by atoms with E-state index in [-0.39, 0.29) is 0 Å². The Hall–Kier alpha value is -0.860. The topological polar surface area (TPSA) is 38.0 Å². The monoisotopic (exact) mass is 390 g/mol. The highest BCUT2D eigenvalue weighted by atomic mass is 15.2. The highest BCUT2D eigenvalue weighted by Gasteiger charge is 1.97. The molecule has 0 saturated heterocycles. The van der Waals surface area contributed by atoms with Crippen molar-refractivity contribution >= 4 is 0 Å². The van der Waals surface area contributed by atoms with Crippen molar-refractivity contribution in [2.45, 2.75) is 123 Å². The van der Waals surface area contributed by atoms with E-state index in [4.69, 9.17) is 0 Å². The maximum absolute atomic E-state index is 4.60. The summed E-state index contributed by atoms with van der Waals surface area (Å²) in [5, 5.41) is 0. The molecule has 0 aliphatic rings. The van der Waals surface area contributed by atoms with Crippen molar-refractivity contribution in [2.24, 2.45) is 5.84 Å². The van der Waals surface area contributed by atoms with Crippen LogP contribution in [0.4, 0.5) is 0 Å². The predicted molar refractivity (Wildman–Crippen MR) is 128 cm³/mol. The highest BCUT2D eigenvalue weighted by Crippen LogP contribution is 2.15. The summed E-state index contributed by atoms with van der Waals surface area (Å²) in [5.74, 6) is 4.60. The second-order valence-corrected chi connectivity index (χ2v) is 8.27. The third-order valence-electron chi connectivity index (χ3n) is 5.56. The fraction of sp³-hybridized carbons (Fsp3) is 0.769. The summed E-state index contributed by atoms with van der Waals surface area (Å²) < 4.78 is 0. The molecule has 0 saturated carbocycles. The van der Waals surface area contributed by atoms with Crippen LogP contribution in [-0.4, -0.2) is 7.05 Å². The molecule has 1 rings (SSSR count). The Balaban J connectivity index is 0.00000227. The first-order valence-corrected chi connectivity index (χ1v) is 12.2. The molecular weight excluding hydrogens is 340 g/mol. The average molecular weight is 391 g/mol. The zero-order chi connectivity index (χ0) is 20.7. The summed E-state index contributed by atoms with van der Waals surface area (Å²) >= 11 is 0. The molecule has 0 bridgehead atoms. The van der Waals surface area contributed by atoms with Gasteiger partial charge in [-0.25, -0.2) is 0 Å². The van der Waals surface area contributed by atoms with Gasteiger partial charge in [0.25, 0.3) is 0 Å². The summed E-state index contributed by atoms with van der Waals surface area (Å²) in [7, 11) is 1.65. The summed E-state index contributed by atoms with van der Waals surface area (Å²) in [6.07, 6.45) is 24.4. The molecule has 1 aromatic rings. The van der Waals surface area contributed by atoms with E-state index < -0.39 is 0 Å². The Morgan fingerprint density at radius 2 is 1.00 bits per heavy atom. The lowest BCUT2D eigenvalue weighted by Crippen LogP contribution is -2.13. The maximum Gasteiger partial charge on any atom is -0.00172 e. The van der Waals surface area contributed by atoms with Gasteiger partial charge in [0.05, 0.1) is 0 Å². The minimum Gasteiger partial charge on any atom is -0.272 e. The van der Waals surface area contributed by atoms with Crippen molar-refractivity contribution in [3.8, 4) is 0 Å². The number of unbranched alkanes of at least 4 members (excludes halogenated alkanes) is 15. The lowest BCUT2D eigenvalue weighted by Gasteiger charge is -2.05. The van der Waals surface area contributed by atoms with E-state index in [0.717, 1.165) is 0 Å². The Labute approximate surface area is 177 Å². The van der Waals surface area contributed by atoms with Crippen LogP contribution in [0.25, 0.3) is 0 Å². The molecular formula is C26H50N2. The molecule has 164 valence electrons. The highest BCUT2D eigenvalue weighted by molar-refractivity contribution is 5.25. The number of hydrazine groups is 1. The van der Waals surface area contributed by atoms with Crippen LogP contribution in [0.1, 0.15) is 121 Å². The summed E-state index contributed by atoms with van der Waals surface area (Å²) in [6.45, 7) is 4.54. The number of benzene rings is 1. The summed E-state index contributed by atoms with van der Waals surface area (Å²) in [5.41, 5.74) is 5.26. The molecule has 0 heterocycles. The van der Waals surface area contributed by atoms with Crippen molar-refractivity contribution in [1.29, 1.82) is 0 Å². The lowest BCUT2D eigenvalue weighted by atomic mass is 10.0. The van der Waals surface area contributed by atoms with E-state index in [2.05, 4.69) is 49.4 Å². The maximum atomic E-state index is 4.60. The van der Waals surface area contributed by atoms with Crippen molar-refractivity contribution in [3.63, 3.8) is 0 Å². The van der Waals surface area contributed by atoms with Gasteiger partial charge in [-0.2, -0.15) is 0 Å². The number of aryl methyl sites for hydroxylation is 2. The first-order valence-electron chi connectivity index (χ1n) is 12.2. The fourth-order valence-corrected chi connectivity index (χ4v) is 3.75. The second kappa shape index (κ2) is 22.4. The van der Waals surface area contributed by atoms with Gasteiger partial charge in [0.1, 0.15) is 0 Å². The lowest BCUT2D eigenvalue weighted by molar-refractivity contribution is 0.529. The molecule has 0 atom stereocenters. The van der Waals surface area contributed by atoms with Gasteiger partial charge in [-0.1, -0.05) is 128 Å². The van der Waals surface area contributed by atoms with Gasteiger partial charge in [-0.05, 0) is 37.9 Å². The first-order chi connectivity index (χ1) is 13.8. The van der Waals surface area contributed by atoms with E-state index in [1.54, 1.807) is 12.6 Å². The minimum atomic E-state index is 1.27. The summed E-state index contributed by atoms with van der Waals surface area (Å²) in [4.78, 5) is 0. The van der Waals surface area contributed by atoms with Gasteiger partial charge in [0, 0.05) is 0 Å². The molecule has 0 fully saturated rings. The average Bonchev–Trinajstić information content (AvgIpc) is 2.69. The molecule has 0 aliphatic carbocycles. The van der Waals surface area contributed by atoms with Crippen molar-refractivity contribution in [2.75, 3.05) is 7.05 Å². The van der Waals surface area contributed by atoms with E-state index in [0.29, 0.717) is 0 Å². The molecule has 2 heteroatoms. The van der Waals surface area contributed by atoms with E-state index in [9.17, 15) is 0 Å². The molecule has 1 aromatic carbocycles. The Morgan fingerprint density at radius 3 is 1.39 bits per heavy atom. The Kier molecular flexibility index (Phi) is 21.7. The van der Waals surface area contributed by atoms with Gasteiger partial charge in [0.2, 0.25) is 0 Å². The van der Waals surface area contributed by atoms with Gasteiger partial charge >= 0.3 is 0 Å². The smallest absolute Gasteiger partial charge is 0.00172 e. The first kappa shape index (κ1) is 27.1. The van der Waals surface area contributed by atoms with Gasteiger partial charge < -0.3 is 0 Å². The summed E-state index contributed by atoms with van der Waals surface area (Å²) in [6, 6.07) is 8.85. The van der Waals surface area contributed by atoms with Crippen LogP contribution in [-0.2, 0) is 6.42 Å². The standard InChI is InChI=1S/C25H44.CH6N2/c1-3-4-5-6-7-8-9-10-11-12-13-14-15-16-17-18-22-25-23-20-19-21-24(25)2;1-3-2/h19-21,23H,3-18,22H2,1-2H3;3H,2H2,1H3. The second-order valence-electron chi connectivity index (χ2n) is 8.27. The molecule has 0 aromatic heterocycles. The van der Waals surface area contributed by atoms with E-state index in [1.165, 1.54) is 115 Å². The SMILES string of the molecule is CCCCCCCCCCCCCCCCCCc1ccccc1C.CNN. The largest absolute Gasteiger partial charge is 0.272 e. The molecule has 0 unspecified atom stereocenters. The van der Waals surface area contributed by atoms with Gasteiger partial charge in [-0.3, -0.25) is 11.3 Å². The number of nitrogens with one attached hydrogen (secondary N) is 1. The van der Waals surface area contributed by atoms with Crippen LogP contribution in [0.2, 0.25) is 0 Å². The quantitative estimate of drug-likeness (QED) is 0.161. The van der Waals surface area contributed by atoms with E-state index >= 15 is 0 Å². The van der Waals surface area contributed by atoms with Crippen LogP contribution in [0.5, 0.6) is 0 Å². The van der Waals surface area contributed by atoms with Crippen molar-refractivity contribution in [1.82, 2.24) is 5.43 Å². The predicted octanol–water partition coefficient (Wildman–Crippen LogP) is 7.88. The molecule has 0 spiro atoms. The third-order valence-corrected chi connectivity index (χ3v) is 5.56. The van der Waals surface area contributed by atoms with Crippen LogP contribution in [0.15, 0.2) is 24.3 Å². The van der Waals surface area contributed by atoms with Crippen molar-refractivity contribution in [3.05, 3.63) is 35.4 Å². The Bertz CT molecular complexity index is 417. The number of rotatable bonds is 17. The number of hydrogen-bond acceptors (Lipinski definition) is 2. The number of nitrogens with two attached hydrogens (primary N) is 1. The molecule has 0 amide bonds. The number of hydrogen-bond donors (Lipinski definition) is 2. The zero-order valence-corrected chi connectivity index (χ0v) is 19.4. The van der Waals surface area contributed by atoms with E-state index in [1.807, 2.05) is 0 Å². The third kappa shape index (κ3) is 18.5. The molecule has 2 nitrogen and oxygen atoms in total. The molecule has 28 heavy (non-hydrogen) atoms. The van der Waals surface area contributed by atoms with Crippen LogP contribution >= 0.6 is 0 Å². The van der Waals surface area contributed by atoms with Crippen LogP contribution < -0.4 is 11.3 Å². The van der Waals surface area contributed by atoms with Crippen LogP contribution in [0, 0.1) is 6.92 Å². The zero-order valence-electron chi connectivity index (χ0n) is 19.4. The Morgan fingerprint density at radius 1 is 0.643 bits per heavy atom. The molecule has 0 radical (unpaired) electrons. The van der Waals surface area contributed by atoms with Gasteiger partial charge in [-0.15, -0.1) is 0 Å².